The fraction of sp³-hybridized carbons (Fsp3) is 0.158. The molecule has 0 spiro atoms. The van der Waals surface area contributed by atoms with Crippen LogP contribution in [0.25, 0.3) is 0 Å². The van der Waals surface area contributed by atoms with Gasteiger partial charge in [0.2, 0.25) is 0 Å². The van der Waals surface area contributed by atoms with E-state index < -0.39 is 12.2 Å². The molecule has 2 aromatic rings. The summed E-state index contributed by atoms with van der Waals surface area (Å²) in [5.74, 6) is -0.192. The molecule has 0 heterocycles. The van der Waals surface area contributed by atoms with Crippen molar-refractivity contribution < 1.29 is 10.2 Å². The molecule has 1 unspecified atom stereocenters. The van der Waals surface area contributed by atoms with Gasteiger partial charge in [0.25, 0.3) is 0 Å². The topological polar surface area (TPSA) is 40.5 Å². The summed E-state index contributed by atoms with van der Waals surface area (Å²) in [6.45, 7) is 0. The predicted molar refractivity (Wildman–Crippen MR) is 83.5 cm³/mol. The fourth-order valence-corrected chi connectivity index (χ4v) is 2.75. The molecule has 0 saturated carbocycles. The molecule has 106 valence electrons. The Morgan fingerprint density at radius 1 is 0.762 bits per heavy atom. The number of hydrogen-bond donors (Lipinski definition) is 2. The van der Waals surface area contributed by atoms with Crippen LogP contribution in [0, 0.1) is 5.92 Å². The van der Waals surface area contributed by atoms with E-state index >= 15 is 0 Å². The molecule has 0 bridgehead atoms. The van der Waals surface area contributed by atoms with Crippen LogP contribution < -0.4 is 0 Å². The smallest absolute Gasteiger partial charge is 0.101 e. The van der Waals surface area contributed by atoms with Crippen LogP contribution in [0.15, 0.2) is 84.5 Å². The SMILES string of the molecule is O[C@@H](C1=CC=CC1[C@@H](O)c1ccccc1)c1ccccc1. The van der Waals surface area contributed by atoms with Crippen molar-refractivity contribution in [3.05, 3.63) is 95.6 Å². The van der Waals surface area contributed by atoms with E-state index in [9.17, 15) is 10.2 Å². The number of allylic oxidation sites excluding steroid dienone is 2. The van der Waals surface area contributed by atoms with E-state index in [1.165, 1.54) is 0 Å². The maximum atomic E-state index is 10.6. The number of aliphatic hydroxyl groups is 2. The molecule has 0 radical (unpaired) electrons. The normalized spacial score (nSPS) is 20.1. The van der Waals surface area contributed by atoms with Gasteiger partial charge in [-0.1, -0.05) is 78.9 Å². The van der Waals surface area contributed by atoms with Crippen LogP contribution in [-0.4, -0.2) is 10.2 Å². The molecule has 21 heavy (non-hydrogen) atoms. The molecule has 3 rings (SSSR count). The van der Waals surface area contributed by atoms with E-state index in [0.29, 0.717) is 0 Å². The second-order valence-corrected chi connectivity index (χ2v) is 5.25. The molecule has 0 aromatic heterocycles. The van der Waals surface area contributed by atoms with Crippen LogP contribution >= 0.6 is 0 Å². The Balaban J connectivity index is 1.84. The lowest BCUT2D eigenvalue weighted by Crippen LogP contribution is -2.16. The molecule has 2 nitrogen and oxygen atoms in total. The lowest BCUT2D eigenvalue weighted by Gasteiger charge is -2.24. The lowest BCUT2D eigenvalue weighted by molar-refractivity contribution is 0.125. The van der Waals surface area contributed by atoms with Gasteiger partial charge in [-0.25, -0.2) is 0 Å². The monoisotopic (exact) mass is 278 g/mol. The molecular weight excluding hydrogens is 260 g/mol. The van der Waals surface area contributed by atoms with Gasteiger partial charge in [-0.15, -0.1) is 0 Å². The molecule has 0 amide bonds. The van der Waals surface area contributed by atoms with Gasteiger partial charge in [0.05, 0.1) is 6.10 Å². The first kappa shape index (κ1) is 13.8. The van der Waals surface area contributed by atoms with Crippen molar-refractivity contribution in [3.8, 4) is 0 Å². The number of benzene rings is 2. The van der Waals surface area contributed by atoms with Crippen molar-refractivity contribution >= 4 is 0 Å². The standard InChI is InChI=1S/C19H18O2/c20-18(14-8-3-1-4-9-14)16-12-7-13-17(16)19(21)15-10-5-2-6-11-15/h1-13,16,18-21H/t16?,18-,19+/m0/s1. The minimum Gasteiger partial charge on any atom is -0.387 e. The average Bonchev–Trinajstić information content (AvgIpc) is 3.04. The molecule has 2 heteroatoms. The van der Waals surface area contributed by atoms with Gasteiger partial charge in [-0.3, -0.25) is 0 Å². The van der Waals surface area contributed by atoms with Crippen LogP contribution in [0.4, 0.5) is 0 Å². The van der Waals surface area contributed by atoms with E-state index in [-0.39, 0.29) is 5.92 Å². The zero-order valence-corrected chi connectivity index (χ0v) is 11.6. The molecule has 0 fully saturated rings. The Morgan fingerprint density at radius 2 is 1.33 bits per heavy atom. The molecule has 2 aromatic carbocycles. The summed E-state index contributed by atoms with van der Waals surface area (Å²) in [6.07, 6.45) is 4.41. The molecule has 0 saturated heterocycles. The minimum absolute atomic E-state index is 0.192. The van der Waals surface area contributed by atoms with Crippen LogP contribution in [0.2, 0.25) is 0 Å². The summed E-state index contributed by atoms with van der Waals surface area (Å²) >= 11 is 0. The van der Waals surface area contributed by atoms with Crippen molar-refractivity contribution in [2.24, 2.45) is 5.92 Å². The van der Waals surface area contributed by atoms with E-state index in [4.69, 9.17) is 0 Å². The molecule has 3 atom stereocenters. The van der Waals surface area contributed by atoms with E-state index in [1.54, 1.807) is 0 Å². The highest BCUT2D eigenvalue weighted by Crippen LogP contribution is 2.38. The summed E-state index contributed by atoms with van der Waals surface area (Å²) in [5, 5.41) is 21.2. The second-order valence-electron chi connectivity index (χ2n) is 5.25. The number of aliphatic hydroxyl groups excluding tert-OH is 2. The second kappa shape index (κ2) is 6.08. The van der Waals surface area contributed by atoms with Gasteiger partial charge >= 0.3 is 0 Å². The first-order valence-electron chi connectivity index (χ1n) is 7.11. The lowest BCUT2D eigenvalue weighted by atomic mass is 9.86. The zero-order valence-electron chi connectivity index (χ0n) is 11.6. The highest BCUT2D eigenvalue weighted by molar-refractivity contribution is 5.38. The third-order valence-corrected chi connectivity index (χ3v) is 3.90. The van der Waals surface area contributed by atoms with Gasteiger partial charge in [0.1, 0.15) is 6.10 Å². The van der Waals surface area contributed by atoms with Crippen LogP contribution in [0.5, 0.6) is 0 Å². The van der Waals surface area contributed by atoms with E-state index in [1.807, 2.05) is 78.9 Å². The summed E-state index contributed by atoms with van der Waals surface area (Å²) < 4.78 is 0. The van der Waals surface area contributed by atoms with Crippen LogP contribution in [0.3, 0.4) is 0 Å². The zero-order chi connectivity index (χ0) is 14.7. The Hall–Kier alpha value is -2.16. The first-order chi connectivity index (χ1) is 10.3. The van der Waals surface area contributed by atoms with E-state index in [0.717, 1.165) is 16.7 Å². The summed E-state index contributed by atoms with van der Waals surface area (Å²) in [6, 6.07) is 19.1. The van der Waals surface area contributed by atoms with Crippen molar-refractivity contribution in [3.63, 3.8) is 0 Å². The Morgan fingerprint density at radius 3 is 1.95 bits per heavy atom. The van der Waals surface area contributed by atoms with Crippen molar-refractivity contribution in [1.82, 2.24) is 0 Å². The van der Waals surface area contributed by atoms with Crippen LogP contribution in [-0.2, 0) is 0 Å². The Kier molecular flexibility index (Phi) is 4.00. The number of rotatable bonds is 4. The fourth-order valence-electron chi connectivity index (χ4n) is 2.75. The minimum atomic E-state index is -0.690. The van der Waals surface area contributed by atoms with E-state index in [2.05, 4.69) is 0 Å². The molecule has 0 aliphatic heterocycles. The summed E-state index contributed by atoms with van der Waals surface area (Å²) in [7, 11) is 0. The third kappa shape index (κ3) is 2.82. The Bertz CT molecular complexity index is 644. The van der Waals surface area contributed by atoms with Crippen LogP contribution in [0.1, 0.15) is 23.3 Å². The highest BCUT2D eigenvalue weighted by atomic mass is 16.3. The van der Waals surface area contributed by atoms with Crippen molar-refractivity contribution in [1.29, 1.82) is 0 Å². The number of hydrogen-bond acceptors (Lipinski definition) is 2. The average molecular weight is 278 g/mol. The van der Waals surface area contributed by atoms with Gasteiger partial charge in [0, 0.05) is 5.92 Å². The largest absolute Gasteiger partial charge is 0.387 e. The predicted octanol–water partition coefficient (Wildman–Crippen LogP) is 3.57. The summed E-state index contributed by atoms with van der Waals surface area (Å²) in [4.78, 5) is 0. The summed E-state index contributed by atoms with van der Waals surface area (Å²) in [5.41, 5.74) is 2.54. The Labute approximate surface area is 124 Å². The van der Waals surface area contributed by atoms with Gasteiger partial charge in [0.15, 0.2) is 0 Å². The van der Waals surface area contributed by atoms with Crippen molar-refractivity contribution in [2.75, 3.05) is 0 Å². The maximum absolute atomic E-state index is 10.6. The molecular formula is C19H18O2. The van der Waals surface area contributed by atoms with Crippen molar-refractivity contribution in [2.45, 2.75) is 12.2 Å². The third-order valence-electron chi connectivity index (χ3n) is 3.90. The molecule has 1 aliphatic rings. The maximum Gasteiger partial charge on any atom is 0.101 e. The molecule has 2 N–H and O–H groups in total. The quantitative estimate of drug-likeness (QED) is 0.897. The highest BCUT2D eigenvalue weighted by Gasteiger charge is 2.29. The van der Waals surface area contributed by atoms with Gasteiger partial charge in [-0.05, 0) is 16.7 Å². The first-order valence-corrected chi connectivity index (χ1v) is 7.11. The molecule has 1 aliphatic carbocycles. The van der Waals surface area contributed by atoms with Gasteiger partial charge < -0.3 is 10.2 Å². The van der Waals surface area contributed by atoms with Gasteiger partial charge in [-0.2, -0.15) is 0 Å².